The third-order valence-corrected chi connectivity index (χ3v) is 4.47. The van der Waals surface area contributed by atoms with Crippen LogP contribution in [-0.2, 0) is 19.6 Å². The lowest BCUT2D eigenvalue weighted by atomic mass is 10.2. The number of benzene rings is 1. The number of hydrogen-bond donors (Lipinski definition) is 2. The van der Waals surface area contributed by atoms with Gasteiger partial charge in [0.15, 0.2) is 0 Å². The van der Waals surface area contributed by atoms with Crippen molar-refractivity contribution in [3.05, 3.63) is 42.5 Å². The van der Waals surface area contributed by atoms with Crippen LogP contribution in [0.5, 0.6) is 0 Å². The Hall–Kier alpha value is -2.19. The smallest absolute Gasteiger partial charge is 0.338 e. The predicted molar refractivity (Wildman–Crippen MR) is 90.0 cm³/mol. The molecule has 0 aliphatic carbocycles. The number of sulfonamides is 1. The second kappa shape index (κ2) is 9.84. The van der Waals surface area contributed by atoms with Gasteiger partial charge in [0, 0.05) is 19.5 Å². The first-order valence-electron chi connectivity index (χ1n) is 7.55. The van der Waals surface area contributed by atoms with Crippen molar-refractivity contribution < 1.29 is 22.7 Å². The summed E-state index contributed by atoms with van der Waals surface area (Å²) >= 11 is 0. The van der Waals surface area contributed by atoms with Gasteiger partial charge >= 0.3 is 5.97 Å². The standard InChI is InChI=1S/C16H22N2O5S/c1-3-11-17-15(19)6-5-12-18-24(21,22)14-9-7-13(8-10-14)16(20)23-4-2/h3,7-10,18H,1,4-6,11-12H2,2H3,(H,17,19). The number of carbonyl (C=O) groups is 2. The minimum Gasteiger partial charge on any atom is -0.462 e. The van der Waals surface area contributed by atoms with Crippen molar-refractivity contribution in [2.24, 2.45) is 0 Å². The van der Waals surface area contributed by atoms with Gasteiger partial charge in [-0.05, 0) is 37.6 Å². The molecule has 132 valence electrons. The Morgan fingerprint density at radius 2 is 1.92 bits per heavy atom. The van der Waals surface area contributed by atoms with E-state index in [9.17, 15) is 18.0 Å². The van der Waals surface area contributed by atoms with Gasteiger partial charge in [-0.3, -0.25) is 4.79 Å². The quantitative estimate of drug-likeness (QED) is 0.374. The van der Waals surface area contributed by atoms with Crippen molar-refractivity contribution in [3.63, 3.8) is 0 Å². The summed E-state index contributed by atoms with van der Waals surface area (Å²) in [6.45, 7) is 5.96. The van der Waals surface area contributed by atoms with E-state index in [1.807, 2.05) is 0 Å². The fraction of sp³-hybridized carbons (Fsp3) is 0.375. The monoisotopic (exact) mass is 354 g/mol. The first-order chi connectivity index (χ1) is 11.4. The highest BCUT2D eigenvalue weighted by Crippen LogP contribution is 2.11. The Morgan fingerprint density at radius 1 is 1.25 bits per heavy atom. The van der Waals surface area contributed by atoms with Crippen molar-refractivity contribution in [1.29, 1.82) is 0 Å². The number of esters is 1. The molecule has 0 bridgehead atoms. The van der Waals surface area contributed by atoms with Gasteiger partial charge in [-0.15, -0.1) is 6.58 Å². The Kier molecular flexibility index (Phi) is 8.14. The normalized spacial score (nSPS) is 10.9. The highest BCUT2D eigenvalue weighted by Gasteiger charge is 2.15. The summed E-state index contributed by atoms with van der Waals surface area (Å²) in [7, 11) is -3.68. The highest BCUT2D eigenvalue weighted by atomic mass is 32.2. The molecular weight excluding hydrogens is 332 g/mol. The van der Waals surface area contributed by atoms with Crippen LogP contribution in [0.25, 0.3) is 0 Å². The Labute approximate surface area is 142 Å². The molecule has 1 aromatic rings. The molecule has 0 saturated heterocycles. The van der Waals surface area contributed by atoms with Crippen molar-refractivity contribution >= 4 is 21.9 Å². The highest BCUT2D eigenvalue weighted by molar-refractivity contribution is 7.89. The zero-order valence-electron chi connectivity index (χ0n) is 13.6. The Morgan fingerprint density at radius 3 is 2.50 bits per heavy atom. The molecule has 7 nitrogen and oxygen atoms in total. The zero-order valence-corrected chi connectivity index (χ0v) is 14.4. The van der Waals surface area contributed by atoms with Crippen LogP contribution >= 0.6 is 0 Å². The summed E-state index contributed by atoms with van der Waals surface area (Å²) in [4.78, 5) is 22.9. The van der Waals surface area contributed by atoms with Gasteiger partial charge in [0.05, 0.1) is 17.1 Å². The third-order valence-electron chi connectivity index (χ3n) is 2.99. The summed E-state index contributed by atoms with van der Waals surface area (Å²) < 4.78 is 31.5. The summed E-state index contributed by atoms with van der Waals surface area (Å²) in [6, 6.07) is 5.47. The molecule has 24 heavy (non-hydrogen) atoms. The van der Waals surface area contributed by atoms with Gasteiger partial charge in [0.2, 0.25) is 15.9 Å². The average molecular weight is 354 g/mol. The molecule has 1 amide bonds. The minimum atomic E-state index is -3.68. The molecule has 0 aromatic heterocycles. The largest absolute Gasteiger partial charge is 0.462 e. The molecule has 0 unspecified atom stereocenters. The molecule has 0 aliphatic rings. The van der Waals surface area contributed by atoms with Gasteiger partial charge in [-0.2, -0.15) is 0 Å². The molecule has 0 heterocycles. The Balaban J connectivity index is 2.52. The van der Waals surface area contributed by atoms with E-state index in [-0.39, 0.29) is 35.9 Å². The first-order valence-corrected chi connectivity index (χ1v) is 9.03. The third kappa shape index (κ3) is 6.51. The van der Waals surface area contributed by atoms with E-state index in [1.54, 1.807) is 13.0 Å². The van der Waals surface area contributed by atoms with E-state index in [2.05, 4.69) is 16.6 Å². The van der Waals surface area contributed by atoms with Crippen molar-refractivity contribution in [2.45, 2.75) is 24.7 Å². The van der Waals surface area contributed by atoms with Gasteiger partial charge in [-0.25, -0.2) is 17.9 Å². The minimum absolute atomic E-state index is 0.0478. The summed E-state index contributed by atoms with van der Waals surface area (Å²) in [5, 5.41) is 2.61. The summed E-state index contributed by atoms with van der Waals surface area (Å²) in [5.41, 5.74) is 0.287. The van der Waals surface area contributed by atoms with Crippen LogP contribution in [0.15, 0.2) is 41.8 Å². The maximum atomic E-state index is 12.1. The molecule has 0 saturated carbocycles. The Bertz CT molecular complexity index is 668. The van der Waals surface area contributed by atoms with E-state index >= 15 is 0 Å². The number of carbonyl (C=O) groups excluding carboxylic acids is 2. The summed E-state index contributed by atoms with van der Waals surface area (Å²) in [5.74, 6) is -0.659. The van der Waals surface area contributed by atoms with Gasteiger partial charge < -0.3 is 10.1 Å². The van der Waals surface area contributed by atoms with Gasteiger partial charge in [0.25, 0.3) is 0 Å². The van der Waals surface area contributed by atoms with Gasteiger partial charge in [0.1, 0.15) is 0 Å². The molecule has 1 rings (SSSR count). The van der Waals surface area contributed by atoms with Crippen molar-refractivity contribution in [2.75, 3.05) is 19.7 Å². The SMILES string of the molecule is C=CCNC(=O)CCCNS(=O)(=O)c1ccc(C(=O)OCC)cc1. The molecule has 0 aliphatic heterocycles. The number of nitrogens with one attached hydrogen (secondary N) is 2. The molecule has 2 N–H and O–H groups in total. The van der Waals surface area contributed by atoms with E-state index in [0.29, 0.717) is 13.0 Å². The molecule has 0 fully saturated rings. The van der Waals surface area contributed by atoms with Crippen LogP contribution in [0, 0.1) is 0 Å². The number of amides is 1. The van der Waals surface area contributed by atoms with Crippen molar-refractivity contribution in [1.82, 2.24) is 10.0 Å². The molecule has 1 aromatic carbocycles. The molecular formula is C16H22N2O5S. The maximum absolute atomic E-state index is 12.1. The zero-order chi connectivity index (χ0) is 18.0. The molecule has 0 radical (unpaired) electrons. The number of hydrogen-bond acceptors (Lipinski definition) is 5. The predicted octanol–water partition coefficient (Wildman–Crippen LogP) is 1.22. The fourth-order valence-electron chi connectivity index (χ4n) is 1.80. The first kappa shape index (κ1) is 19.9. The lowest BCUT2D eigenvalue weighted by molar-refractivity contribution is -0.120. The van der Waals surface area contributed by atoms with E-state index in [1.165, 1.54) is 24.3 Å². The van der Waals surface area contributed by atoms with E-state index < -0.39 is 16.0 Å². The van der Waals surface area contributed by atoms with Crippen LogP contribution < -0.4 is 10.0 Å². The van der Waals surface area contributed by atoms with Crippen LogP contribution in [0.2, 0.25) is 0 Å². The second-order valence-corrected chi connectivity index (χ2v) is 6.61. The van der Waals surface area contributed by atoms with Crippen LogP contribution in [0.4, 0.5) is 0 Å². The molecule has 0 spiro atoms. The van der Waals surface area contributed by atoms with Crippen LogP contribution in [-0.4, -0.2) is 40.0 Å². The number of rotatable bonds is 10. The molecule has 0 atom stereocenters. The lowest BCUT2D eigenvalue weighted by Gasteiger charge is -2.08. The average Bonchev–Trinajstić information content (AvgIpc) is 2.57. The maximum Gasteiger partial charge on any atom is 0.338 e. The van der Waals surface area contributed by atoms with E-state index in [0.717, 1.165) is 0 Å². The van der Waals surface area contributed by atoms with Gasteiger partial charge in [-0.1, -0.05) is 6.08 Å². The van der Waals surface area contributed by atoms with E-state index in [4.69, 9.17) is 4.74 Å². The van der Waals surface area contributed by atoms with Crippen LogP contribution in [0.1, 0.15) is 30.1 Å². The van der Waals surface area contributed by atoms with Crippen molar-refractivity contribution in [3.8, 4) is 0 Å². The second-order valence-electron chi connectivity index (χ2n) is 4.84. The summed E-state index contributed by atoms with van der Waals surface area (Å²) in [6.07, 6.45) is 2.17. The number of ether oxygens (including phenoxy) is 1. The molecule has 8 heteroatoms. The fourth-order valence-corrected chi connectivity index (χ4v) is 2.87. The van der Waals surface area contributed by atoms with Crippen LogP contribution in [0.3, 0.4) is 0 Å². The topological polar surface area (TPSA) is 102 Å². The lowest BCUT2D eigenvalue weighted by Crippen LogP contribution is -2.27.